The molecule has 1 aliphatic carbocycles. The normalized spacial score (nSPS) is 22.0. The van der Waals surface area contributed by atoms with Gasteiger partial charge in [-0.1, -0.05) is 13.8 Å². The minimum absolute atomic E-state index is 0.218. The number of aryl methyl sites for hydroxylation is 1. The molecule has 2 rings (SSSR count). The highest BCUT2D eigenvalue weighted by atomic mass is 32.1. The van der Waals surface area contributed by atoms with Crippen molar-refractivity contribution in [3.8, 4) is 0 Å². The SMILES string of the molecule is CCNCC1CCCc2sc(C(C)(CC)OC)nc21. The number of hydrogen-bond acceptors (Lipinski definition) is 4. The summed E-state index contributed by atoms with van der Waals surface area (Å²) in [5.74, 6) is 0.590. The van der Waals surface area contributed by atoms with Gasteiger partial charge in [-0.05, 0) is 39.2 Å². The molecule has 108 valence electrons. The zero-order valence-corrected chi connectivity index (χ0v) is 13.4. The smallest absolute Gasteiger partial charge is 0.125 e. The van der Waals surface area contributed by atoms with Crippen molar-refractivity contribution in [2.75, 3.05) is 20.2 Å². The van der Waals surface area contributed by atoms with Gasteiger partial charge >= 0.3 is 0 Å². The van der Waals surface area contributed by atoms with Crippen LogP contribution in [0.1, 0.15) is 61.5 Å². The van der Waals surface area contributed by atoms with Gasteiger partial charge in [0.1, 0.15) is 10.6 Å². The maximum atomic E-state index is 5.70. The molecule has 0 aromatic carbocycles. The summed E-state index contributed by atoms with van der Waals surface area (Å²) in [6.45, 7) is 8.57. The topological polar surface area (TPSA) is 34.1 Å². The van der Waals surface area contributed by atoms with Crippen LogP contribution in [-0.2, 0) is 16.8 Å². The Morgan fingerprint density at radius 2 is 2.26 bits per heavy atom. The Labute approximate surface area is 120 Å². The van der Waals surface area contributed by atoms with E-state index in [4.69, 9.17) is 9.72 Å². The second kappa shape index (κ2) is 6.33. The molecule has 0 spiro atoms. The lowest BCUT2D eigenvalue weighted by Gasteiger charge is -2.24. The van der Waals surface area contributed by atoms with E-state index in [0.29, 0.717) is 5.92 Å². The van der Waals surface area contributed by atoms with E-state index in [0.717, 1.165) is 24.5 Å². The molecule has 0 aliphatic heterocycles. The molecule has 3 nitrogen and oxygen atoms in total. The zero-order chi connectivity index (χ0) is 13.9. The number of ether oxygens (including phenoxy) is 1. The fraction of sp³-hybridized carbons (Fsp3) is 0.800. The standard InChI is InChI=1S/C15H26N2OS/c1-5-15(3,18-4)14-17-13-11(10-16-6-2)8-7-9-12(13)19-14/h11,16H,5-10H2,1-4H3. The second-order valence-corrected chi connectivity index (χ2v) is 6.60. The van der Waals surface area contributed by atoms with Crippen molar-refractivity contribution in [1.29, 1.82) is 0 Å². The maximum Gasteiger partial charge on any atom is 0.125 e. The van der Waals surface area contributed by atoms with Gasteiger partial charge in [0.25, 0.3) is 0 Å². The number of methoxy groups -OCH3 is 1. The average molecular weight is 282 g/mol. The average Bonchev–Trinajstić information content (AvgIpc) is 2.89. The Morgan fingerprint density at radius 1 is 1.47 bits per heavy atom. The van der Waals surface area contributed by atoms with Crippen LogP contribution in [0.15, 0.2) is 0 Å². The first-order valence-corrected chi connectivity index (χ1v) is 8.22. The monoisotopic (exact) mass is 282 g/mol. The van der Waals surface area contributed by atoms with Crippen LogP contribution in [0.2, 0.25) is 0 Å². The molecule has 0 fully saturated rings. The molecule has 0 saturated carbocycles. The van der Waals surface area contributed by atoms with E-state index < -0.39 is 0 Å². The van der Waals surface area contributed by atoms with E-state index in [2.05, 4.69) is 26.1 Å². The van der Waals surface area contributed by atoms with Crippen molar-refractivity contribution in [3.63, 3.8) is 0 Å². The Kier molecular flexibility index (Phi) is 4.98. The van der Waals surface area contributed by atoms with E-state index in [1.54, 1.807) is 7.11 Å². The molecule has 0 amide bonds. The molecule has 4 heteroatoms. The summed E-state index contributed by atoms with van der Waals surface area (Å²) in [7, 11) is 1.79. The van der Waals surface area contributed by atoms with Gasteiger partial charge in [-0.25, -0.2) is 4.98 Å². The Morgan fingerprint density at radius 3 is 2.89 bits per heavy atom. The first-order chi connectivity index (χ1) is 9.14. The van der Waals surface area contributed by atoms with Gasteiger partial charge < -0.3 is 10.1 Å². The van der Waals surface area contributed by atoms with Crippen molar-refractivity contribution in [3.05, 3.63) is 15.6 Å². The maximum absolute atomic E-state index is 5.70. The number of aromatic nitrogens is 1. The third kappa shape index (κ3) is 3.01. The number of thiazole rings is 1. The number of likely N-dealkylation sites (N-methyl/N-ethyl adjacent to an activating group) is 1. The van der Waals surface area contributed by atoms with Gasteiger partial charge in [0, 0.05) is 24.4 Å². The summed E-state index contributed by atoms with van der Waals surface area (Å²) in [4.78, 5) is 6.44. The molecule has 0 radical (unpaired) electrons. The van der Waals surface area contributed by atoms with E-state index in [1.165, 1.54) is 29.8 Å². The van der Waals surface area contributed by atoms with Gasteiger partial charge in [-0.2, -0.15) is 0 Å². The Bertz CT molecular complexity index is 412. The van der Waals surface area contributed by atoms with Crippen molar-refractivity contribution in [2.45, 2.75) is 58.0 Å². The third-order valence-corrected chi connectivity index (χ3v) is 5.67. The van der Waals surface area contributed by atoms with Crippen LogP contribution in [0, 0.1) is 0 Å². The van der Waals surface area contributed by atoms with Gasteiger partial charge in [0.05, 0.1) is 5.69 Å². The lowest BCUT2D eigenvalue weighted by Crippen LogP contribution is -2.25. The number of fused-ring (bicyclic) bond motifs is 1. The first-order valence-electron chi connectivity index (χ1n) is 7.40. The zero-order valence-electron chi connectivity index (χ0n) is 12.6. The van der Waals surface area contributed by atoms with E-state index in [-0.39, 0.29) is 5.60 Å². The highest BCUT2D eigenvalue weighted by Gasteiger charge is 2.32. The van der Waals surface area contributed by atoms with E-state index in [9.17, 15) is 0 Å². The molecule has 2 atom stereocenters. The quantitative estimate of drug-likeness (QED) is 0.868. The van der Waals surface area contributed by atoms with Crippen molar-refractivity contribution in [1.82, 2.24) is 10.3 Å². The molecular formula is C15H26N2OS. The largest absolute Gasteiger partial charge is 0.371 e. The van der Waals surface area contributed by atoms with Crippen LogP contribution in [-0.4, -0.2) is 25.2 Å². The second-order valence-electron chi connectivity index (χ2n) is 5.51. The fourth-order valence-electron chi connectivity index (χ4n) is 2.63. The molecule has 1 heterocycles. The fourth-order valence-corrected chi connectivity index (χ4v) is 4.02. The summed E-state index contributed by atoms with van der Waals surface area (Å²) in [6, 6.07) is 0. The highest BCUT2D eigenvalue weighted by molar-refractivity contribution is 7.11. The highest BCUT2D eigenvalue weighted by Crippen LogP contribution is 2.39. The molecule has 1 aromatic heterocycles. The van der Waals surface area contributed by atoms with Gasteiger partial charge in [0.15, 0.2) is 0 Å². The third-order valence-electron chi connectivity index (χ3n) is 4.29. The van der Waals surface area contributed by atoms with Crippen LogP contribution in [0.4, 0.5) is 0 Å². The van der Waals surface area contributed by atoms with Crippen molar-refractivity contribution in [2.24, 2.45) is 0 Å². The predicted molar refractivity (Wildman–Crippen MR) is 81.0 cm³/mol. The summed E-state index contributed by atoms with van der Waals surface area (Å²) >= 11 is 1.86. The van der Waals surface area contributed by atoms with Crippen LogP contribution >= 0.6 is 11.3 Å². The number of hydrogen-bond donors (Lipinski definition) is 1. The predicted octanol–water partition coefficient (Wildman–Crippen LogP) is 3.44. The van der Waals surface area contributed by atoms with Crippen LogP contribution in [0.3, 0.4) is 0 Å². The summed E-state index contributed by atoms with van der Waals surface area (Å²) in [5, 5.41) is 4.63. The Hall–Kier alpha value is -0.450. The minimum atomic E-state index is -0.218. The first kappa shape index (κ1) is 14.9. The van der Waals surface area contributed by atoms with E-state index >= 15 is 0 Å². The van der Waals surface area contributed by atoms with Gasteiger partial charge in [-0.3, -0.25) is 0 Å². The Balaban J connectivity index is 2.25. The van der Waals surface area contributed by atoms with Gasteiger partial charge in [0.2, 0.25) is 0 Å². The van der Waals surface area contributed by atoms with Gasteiger partial charge in [-0.15, -0.1) is 11.3 Å². The molecule has 0 bridgehead atoms. The minimum Gasteiger partial charge on any atom is -0.371 e. The summed E-state index contributed by atoms with van der Waals surface area (Å²) in [5.41, 5.74) is 1.12. The molecule has 0 saturated heterocycles. The summed E-state index contributed by atoms with van der Waals surface area (Å²) in [6.07, 6.45) is 4.71. The van der Waals surface area contributed by atoms with Crippen molar-refractivity contribution < 1.29 is 4.74 Å². The lowest BCUT2D eigenvalue weighted by molar-refractivity contribution is -0.00170. The van der Waals surface area contributed by atoms with E-state index in [1.807, 2.05) is 11.3 Å². The van der Waals surface area contributed by atoms with Crippen LogP contribution < -0.4 is 5.32 Å². The molecule has 2 unspecified atom stereocenters. The number of nitrogens with zero attached hydrogens (tertiary/aromatic N) is 1. The molecule has 19 heavy (non-hydrogen) atoms. The molecule has 1 N–H and O–H groups in total. The molecule has 1 aromatic rings. The molecule has 1 aliphatic rings. The molecular weight excluding hydrogens is 256 g/mol. The van der Waals surface area contributed by atoms with Crippen LogP contribution in [0.5, 0.6) is 0 Å². The van der Waals surface area contributed by atoms with Crippen LogP contribution in [0.25, 0.3) is 0 Å². The number of rotatable bonds is 6. The lowest BCUT2D eigenvalue weighted by atomic mass is 9.91. The van der Waals surface area contributed by atoms with Crippen molar-refractivity contribution >= 4 is 11.3 Å². The number of nitrogens with one attached hydrogen (secondary N) is 1. The summed E-state index contributed by atoms with van der Waals surface area (Å²) < 4.78 is 5.70.